The summed E-state index contributed by atoms with van der Waals surface area (Å²) in [4.78, 5) is 22.5. The number of halogens is 3. The highest BCUT2D eigenvalue weighted by atomic mass is 19.4. The normalized spacial score (nSPS) is 14.9. The molecular formula is C22H22F3N5O3. The molecule has 3 aromatic rings. The van der Waals surface area contributed by atoms with Crippen LogP contribution in [0, 0.1) is 5.92 Å². The predicted octanol–water partition coefficient (Wildman–Crippen LogP) is 3.62. The van der Waals surface area contributed by atoms with Gasteiger partial charge in [0.25, 0.3) is 5.91 Å². The van der Waals surface area contributed by atoms with E-state index in [9.17, 15) is 18.0 Å². The lowest BCUT2D eigenvalue weighted by atomic mass is 9.97. The van der Waals surface area contributed by atoms with Crippen molar-refractivity contribution < 1.29 is 27.4 Å². The molecule has 1 aliphatic rings. The van der Waals surface area contributed by atoms with Crippen LogP contribution in [-0.4, -0.2) is 46.8 Å². The second-order valence-electron chi connectivity index (χ2n) is 7.74. The van der Waals surface area contributed by atoms with E-state index in [2.05, 4.69) is 14.7 Å². The van der Waals surface area contributed by atoms with E-state index in [1.54, 1.807) is 23.1 Å². The number of hydrogen-bond donors (Lipinski definition) is 2. The van der Waals surface area contributed by atoms with E-state index in [1.165, 1.54) is 12.1 Å². The first kappa shape index (κ1) is 22.4. The molecule has 4 rings (SSSR count). The second-order valence-corrected chi connectivity index (χ2v) is 7.74. The lowest BCUT2D eigenvalue weighted by Gasteiger charge is -2.32. The van der Waals surface area contributed by atoms with Crippen LogP contribution in [0.1, 0.15) is 23.2 Å². The van der Waals surface area contributed by atoms with E-state index in [4.69, 9.17) is 16.2 Å². The van der Waals surface area contributed by atoms with Crippen molar-refractivity contribution >= 4 is 28.6 Å². The lowest BCUT2D eigenvalue weighted by Crippen LogP contribution is -2.39. The molecule has 1 amide bonds. The van der Waals surface area contributed by atoms with E-state index >= 15 is 0 Å². The Balaban J connectivity index is 1.35. The summed E-state index contributed by atoms with van der Waals surface area (Å²) in [7, 11) is 0. The van der Waals surface area contributed by atoms with Gasteiger partial charge in [0, 0.05) is 18.7 Å². The maximum absolute atomic E-state index is 12.7. The van der Waals surface area contributed by atoms with Crippen LogP contribution in [-0.2, 0) is 0 Å². The Kier molecular flexibility index (Phi) is 6.12. The quantitative estimate of drug-likeness (QED) is 0.596. The zero-order chi connectivity index (χ0) is 23.6. The van der Waals surface area contributed by atoms with Gasteiger partial charge < -0.3 is 25.8 Å². The monoisotopic (exact) mass is 461 g/mol. The number of anilines is 2. The summed E-state index contributed by atoms with van der Waals surface area (Å²) >= 11 is 0. The SMILES string of the molecule is Nc1nc(N)c2c(OCC3CCN(C(=O)c4cccc(OC(F)(F)F)c4)CC3)cccc2n1. The minimum atomic E-state index is -4.81. The van der Waals surface area contributed by atoms with Crippen LogP contribution in [0.2, 0.25) is 0 Å². The van der Waals surface area contributed by atoms with Crippen LogP contribution < -0.4 is 20.9 Å². The third-order valence-electron chi connectivity index (χ3n) is 5.42. The highest BCUT2D eigenvalue weighted by molar-refractivity contribution is 5.95. The molecule has 0 aliphatic carbocycles. The van der Waals surface area contributed by atoms with Gasteiger partial charge in [0.05, 0.1) is 17.5 Å². The number of nitrogens with two attached hydrogens (primary N) is 2. The maximum atomic E-state index is 12.7. The predicted molar refractivity (Wildman–Crippen MR) is 116 cm³/mol. The Morgan fingerprint density at radius 3 is 2.55 bits per heavy atom. The molecule has 33 heavy (non-hydrogen) atoms. The third kappa shape index (κ3) is 5.36. The largest absolute Gasteiger partial charge is 0.573 e. The number of likely N-dealkylation sites (tertiary alicyclic amines) is 1. The molecule has 1 aromatic heterocycles. The van der Waals surface area contributed by atoms with Gasteiger partial charge in [-0.1, -0.05) is 12.1 Å². The smallest absolute Gasteiger partial charge is 0.492 e. The summed E-state index contributed by atoms with van der Waals surface area (Å²) in [6.45, 7) is 1.35. The standard InChI is InChI=1S/C22H22F3N5O3/c23-22(24,25)33-15-4-1-3-14(11-15)20(31)30-9-7-13(8-10-30)12-32-17-6-2-5-16-18(17)19(26)29-21(27)28-16/h1-6,11,13H,7-10,12H2,(H4,26,27,28,29). The zero-order valence-corrected chi connectivity index (χ0v) is 17.5. The number of ether oxygens (including phenoxy) is 2. The van der Waals surface area contributed by atoms with Crippen LogP contribution in [0.4, 0.5) is 24.9 Å². The summed E-state index contributed by atoms with van der Waals surface area (Å²) in [5.74, 6) is 0.329. The van der Waals surface area contributed by atoms with Crippen molar-refractivity contribution in [1.29, 1.82) is 0 Å². The number of carbonyl (C=O) groups excluding carboxylic acids is 1. The average molecular weight is 461 g/mol. The molecule has 0 bridgehead atoms. The highest BCUT2D eigenvalue weighted by Crippen LogP contribution is 2.30. The number of hydrogen-bond acceptors (Lipinski definition) is 7. The number of nitrogens with zero attached hydrogens (tertiary/aromatic N) is 3. The summed E-state index contributed by atoms with van der Waals surface area (Å²) in [5, 5.41) is 0.597. The number of alkyl halides is 3. The first-order valence-electron chi connectivity index (χ1n) is 10.3. The number of rotatable bonds is 5. The fraction of sp³-hybridized carbons (Fsp3) is 0.318. The molecule has 1 fully saturated rings. The van der Waals surface area contributed by atoms with Gasteiger partial charge in [0.1, 0.15) is 17.3 Å². The number of aromatic nitrogens is 2. The molecule has 8 nitrogen and oxygen atoms in total. The van der Waals surface area contributed by atoms with Gasteiger partial charge in [-0.25, -0.2) is 4.98 Å². The van der Waals surface area contributed by atoms with E-state index in [0.717, 1.165) is 12.1 Å². The topological polar surface area (TPSA) is 117 Å². The Labute approximate surface area is 187 Å². The van der Waals surface area contributed by atoms with E-state index in [-0.39, 0.29) is 29.2 Å². The van der Waals surface area contributed by atoms with Crippen LogP contribution in [0.5, 0.6) is 11.5 Å². The van der Waals surface area contributed by atoms with Crippen molar-refractivity contribution in [3.63, 3.8) is 0 Å². The number of nitrogen functional groups attached to an aromatic ring is 2. The highest BCUT2D eigenvalue weighted by Gasteiger charge is 2.31. The van der Waals surface area contributed by atoms with Gasteiger partial charge in [-0.05, 0) is 49.1 Å². The molecule has 0 saturated carbocycles. The molecule has 0 radical (unpaired) electrons. The summed E-state index contributed by atoms with van der Waals surface area (Å²) in [6, 6.07) is 10.4. The lowest BCUT2D eigenvalue weighted by molar-refractivity contribution is -0.274. The van der Waals surface area contributed by atoms with Crippen molar-refractivity contribution in [3.8, 4) is 11.5 Å². The molecule has 1 aliphatic heterocycles. The van der Waals surface area contributed by atoms with Crippen molar-refractivity contribution in [2.75, 3.05) is 31.2 Å². The minimum Gasteiger partial charge on any atom is -0.492 e. The Morgan fingerprint density at radius 2 is 1.82 bits per heavy atom. The Bertz CT molecular complexity index is 1160. The van der Waals surface area contributed by atoms with E-state index in [1.807, 2.05) is 0 Å². The van der Waals surface area contributed by atoms with E-state index < -0.39 is 12.1 Å². The van der Waals surface area contributed by atoms with Crippen LogP contribution in [0.3, 0.4) is 0 Å². The van der Waals surface area contributed by atoms with Crippen LogP contribution in [0.25, 0.3) is 10.9 Å². The van der Waals surface area contributed by atoms with Gasteiger partial charge in [0.2, 0.25) is 5.95 Å². The molecule has 174 valence electrons. The van der Waals surface area contributed by atoms with Gasteiger partial charge in [0.15, 0.2) is 0 Å². The number of amides is 1. The van der Waals surface area contributed by atoms with Crippen molar-refractivity contribution in [1.82, 2.24) is 14.9 Å². The van der Waals surface area contributed by atoms with Gasteiger partial charge in [-0.3, -0.25) is 4.79 Å². The number of carbonyl (C=O) groups is 1. The zero-order valence-electron chi connectivity index (χ0n) is 17.5. The molecule has 0 spiro atoms. The average Bonchev–Trinajstić information content (AvgIpc) is 2.76. The maximum Gasteiger partial charge on any atom is 0.573 e. The Hall–Kier alpha value is -3.76. The van der Waals surface area contributed by atoms with Crippen molar-refractivity contribution in [2.45, 2.75) is 19.2 Å². The molecule has 11 heteroatoms. The van der Waals surface area contributed by atoms with Crippen LogP contribution in [0.15, 0.2) is 42.5 Å². The number of benzene rings is 2. The molecule has 1 saturated heterocycles. The molecule has 4 N–H and O–H groups in total. The Morgan fingerprint density at radius 1 is 1.09 bits per heavy atom. The van der Waals surface area contributed by atoms with Gasteiger partial charge >= 0.3 is 6.36 Å². The molecule has 0 atom stereocenters. The fourth-order valence-corrected chi connectivity index (χ4v) is 3.84. The minimum absolute atomic E-state index is 0.0877. The molecule has 2 aromatic carbocycles. The van der Waals surface area contributed by atoms with Gasteiger partial charge in [-0.2, -0.15) is 4.98 Å². The molecule has 2 heterocycles. The third-order valence-corrected chi connectivity index (χ3v) is 5.42. The molecular weight excluding hydrogens is 439 g/mol. The van der Waals surface area contributed by atoms with Crippen LogP contribution >= 0.6 is 0 Å². The number of fused-ring (bicyclic) bond motifs is 1. The van der Waals surface area contributed by atoms with Crippen molar-refractivity contribution in [3.05, 3.63) is 48.0 Å². The summed E-state index contributed by atoms with van der Waals surface area (Å²) in [6.07, 6.45) is -3.43. The second kappa shape index (κ2) is 9.00. The number of piperidine rings is 1. The van der Waals surface area contributed by atoms with Gasteiger partial charge in [-0.15, -0.1) is 13.2 Å². The summed E-state index contributed by atoms with van der Waals surface area (Å²) in [5.41, 5.74) is 12.4. The first-order valence-corrected chi connectivity index (χ1v) is 10.3. The fourth-order valence-electron chi connectivity index (χ4n) is 3.84. The van der Waals surface area contributed by atoms with Crippen molar-refractivity contribution in [2.24, 2.45) is 5.92 Å². The van der Waals surface area contributed by atoms with E-state index in [0.29, 0.717) is 49.2 Å². The summed E-state index contributed by atoms with van der Waals surface area (Å²) < 4.78 is 47.2. The molecule has 0 unspecified atom stereocenters. The first-order chi connectivity index (χ1) is 15.7.